The molecule has 0 aliphatic heterocycles. The average Bonchev–Trinajstić information content (AvgIpc) is 2.82. The molecule has 2 rings (SSSR count). The van der Waals surface area contributed by atoms with E-state index in [1.54, 1.807) is 6.92 Å². The predicted molar refractivity (Wildman–Crippen MR) is 79.0 cm³/mol. The molecule has 1 unspecified atom stereocenters. The molecule has 0 bridgehead atoms. The molecule has 0 spiro atoms. The van der Waals surface area contributed by atoms with Gasteiger partial charge in [0.05, 0.1) is 0 Å². The maximum atomic E-state index is 11.4. The van der Waals surface area contributed by atoms with E-state index < -0.39 is 0 Å². The lowest BCUT2D eigenvalue weighted by molar-refractivity contribution is -0.128. The Morgan fingerprint density at radius 2 is 1.84 bits per heavy atom. The summed E-state index contributed by atoms with van der Waals surface area (Å²) in [5.74, 6) is 1.07. The molecule has 1 fully saturated rings. The second-order valence-corrected chi connectivity index (χ2v) is 6.81. The van der Waals surface area contributed by atoms with Gasteiger partial charge in [-0.3, -0.25) is 9.59 Å². The molecule has 0 aromatic rings. The lowest BCUT2D eigenvalue weighted by Gasteiger charge is -2.32. The Morgan fingerprint density at radius 1 is 1.16 bits per heavy atom. The van der Waals surface area contributed by atoms with Crippen LogP contribution in [0.4, 0.5) is 0 Å². The predicted octanol–water partition coefficient (Wildman–Crippen LogP) is 4.48. The Bertz CT molecular complexity index is 358. The third-order valence-corrected chi connectivity index (χ3v) is 4.09. The van der Waals surface area contributed by atoms with Gasteiger partial charge in [0.1, 0.15) is 5.78 Å². The number of Topliss-reactive ketones (excluding diaryl/α,β-unsaturated/α-hetero) is 2. The first-order chi connectivity index (χ1) is 8.82. The van der Waals surface area contributed by atoms with Crippen LogP contribution in [0.25, 0.3) is 0 Å². The van der Waals surface area contributed by atoms with Gasteiger partial charge in [0.25, 0.3) is 0 Å². The molecule has 0 N–H and O–H groups in total. The van der Waals surface area contributed by atoms with Crippen LogP contribution in [0.3, 0.4) is 0 Å². The minimum atomic E-state index is 0.192. The molecule has 0 aromatic heterocycles. The fraction of sp³-hybridized carbons (Fsp3) is 0.765. The monoisotopic (exact) mass is 264 g/mol. The van der Waals surface area contributed by atoms with Crippen molar-refractivity contribution in [3.05, 3.63) is 11.6 Å². The molecule has 108 valence electrons. The van der Waals surface area contributed by atoms with Crippen LogP contribution in [0.5, 0.6) is 0 Å². The fourth-order valence-electron chi connectivity index (χ4n) is 2.89. The van der Waals surface area contributed by atoms with E-state index in [1.807, 2.05) is 6.08 Å². The summed E-state index contributed by atoms with van der Waals surface area (Å²) in [6.45, 7) is 8.14. The van der Waals surface area contributed by atoms with Crippen LogP contribution < -0.4 is 0 Å². The number of hydrogen-bond acceptors (Lipinski definition) is 2. The molecule has 0 radical (unpaired) electrons. The Labute approximate surface area is 117 Å². The zero-order chi connectivity index (χ0) is 14.5. The molecule has 0 heterocycles. The smallest absolute Gasteiger partial charge is 0.155 e. The zero-order valence-corrected chi connectivity index (χ0v) is 12.9. The lowest BCUT2D eigenvalue weighted by atomic mass is 9.72. The van der Waals surface area contributed by atoms with Crippen molar-refractivity contribution in [1.82, 2.24) is 0 Å². The van der Waals surface area contributed by atoms with Crippen molar-refractivity contribution in [1.29, 1.82) is 0 Å². The van der Waals surface area contributed by atoms with Crippen molar-refractivity contribution in [2.75, 3.05) is 0 Å². The summed E-state index contributed by atoms with van der Waals surface area (Å²) < 4.78 is 0. The third-order valence-electron chi connectivity index (χ3n) is 4.09. The summed E-state index contributed by atoms with van der Waals surface area (Å²) in [6, 6.07) is 0. The number of hydrogen-bond donors (Lipinski definition) is 0. The largest absolute Gasteiger partial charge is 0.299 e. The Kier molecular flexibility index (Phi) is 5.96. The van der Waals surface area contributed by atoms with Crippen molar-refractivity contribution in [3.63, 3.8) is 0 Å². The maximum absolute atomic E-state index is 11.4. The number of ketones is 2. The van der Waals surface area contributed by atoms with E-state index in [-0.39, 0.29) is 11.2 Å². The van der Waals surface area contributed by atoms with Crippen molar-refractivity contribution >= 4 is 11.6 Å². The van der Waals surface area contributed by atoms with Crippen LogP contribution in [-0.4, -0.2) is 11.6 Å². The molecule has 0 aromatic carbocycles. The summed E-state index contributed by atoms with van der Waals surface area (Å²) >= 11 is 0. The van der Waals surface area contributed by atoms with Crippen molar-refractivity contribution in [2.24, 2.45) is 11.3 Å². The summed E-state index contributed by atoms with van der Waals surface area (Å²) in [6.07, 6.45) is 9.63. The molecule has 1 saturated carbocycles. The van der Waals surface area contributed by atoms with E-state index in [0.717, 1.165) is 37.7 Å². The first kappa shape index (κ1) is 16.1. The first-order valence-electron chi connectivity index (χ1n) is 7.55. The van der Waals surface area contributed by atoms with Gasteiger partial charge in [-0.15, -0.1) is 0 Å². The molecule has 2 aliphatic carbocycles. The molecule has 0 amide bonds. The summed E-state index contributed by atoms with van der Waals surface area (Å²) in [5.41, 5.74) is 1.22. The Morgan fingerprint density at radius 3 is 2.16 bits per heavy atom. The van der Waals surface area contributed by atoms with E-state index in [9.17, 15) is 9.59 Å². The molecule has 2 heteroatoms. The molecular formula is C17H28O2. The topological polar surface area (TPSA) is 34.1 Å². The molecule has 0 saturated heterocycles. The zero-order valence-electron chi connectivity index (χ0n) is 12.9. The van der Waals surface area contributed by atoms with Crippen LogP contribution in [0.2, 0.25) is 0 Å². The summed E-state index contributed by atoms with van der Waals surface area (Å²) in [7, 11) is 0. The first-order valence-corrected chi connectivity index (χ1v) is 7.55. The van der Waals surface area contributed by atoms with E-state index in [0.29, 0.717) is 11.7 Å². The van der Waals surface area contributed by atoms with Gasteiger partial charge in [-0.25, -0.2) is 0 Å². The molecular weight excluding hydrogens is 236 g/mol. The molecule has 2 aliphatic rings. The maximum Gasteiger partial charge on any atom is 0.155 e. The van der Waals surface area contributed by atoms with E-state index in [2.05, 4.69) is 20.8 Å². The third kappa shape index (κ3) is 5.30. The van der Waals surface area contributed by atoms with Crippen LogP contribution in [0.15, 0.2) is 11.6 Å². The van der Waals surface area contributed by atoms with Crippen molar-refractivity contribution in [3.8, 4) is 0 Å². The van der Waals surface area contributed by atoms with Crippen LogP contribution in [0, 0.1) is 11.3 Å². The molecule has 2 nitrogen and oxygen atoms in total. The van der Waals surface area contributed by atoms with Crippen LogP contribution in [0.1, 0.15) is 72.6 Å². The highest BCUT2D eigenvalue weighted by atomic mass is 16.1. The average molecular weight is 264 g/mol. The highest BCUT2D eigenvalue weighted by Gasteiger charge is 2.32. The minimum Gasteiger partial charge on any atom is -0.299 e. The second kappa shape index (κ2) is 7.02. The molecule has 1 atom stereocenters. The van der Waals surface area contributed by atoms with Crippen LogP contribution in [-0.2, 0) is 9.59 Å². The number of allylic oxidation sites excluding steroid dienone is 2. The normalized spacial score (nSPS) is 23.5. The number of rotatable bonds is 1. The Hall–Kier alpha value is -0.920. The van der Waals surface area contributed by atoms with Gasteiger partial charge < -0.3 is 0 Å². The highest BCUT2D eigenvalue weighted by Crippen LogP contribution is 2.35. The van der Waals surface area contributed by atoms with Gasteiger partial charge in [0.15, 0.2) is 5.78 Å². The van der Waals surface area contributed by atoms with E-state index in [4.69, 9.17) is 0 Å². The van der Waals surface area contributed by atoms with Gasteiger partial charge in [0, 0.05) is 12.3 Å². The van der Waals surface area contributed by atoms with Gasteiger partial charge >= 0.3 is 0 Å². The second-order valence-electron chi connectivity index (χ2n) is 6.81. The van der Waals surface area contributed by atoms with Crippen molar-refractivity contribution < 1.29 is 9.59 Å². The fourth-order valence-corrected chi connectivity index (χ4v) is 2.89. The van der Waals surface area contributed by atoms with Crippen molar-refractivity contribution in [2.45, 2.75) is 72.6 Å². The lowest BCUT2D eigenvalue weighted by Crippen LogP contribution is -2.30. The van der Waals surface area contributed by atoms with Gasteiger partial charge in [0.2, 0.25) is 0 Å². The van der Waals surface area contributed by atoms with Crippen LogP contribution >= 0.6 is 0 Å². The Balaban J connectivity index is 0.000000200. The highest BCUT2D eigenvalue weighted by molar-refractivity contribution is 5.93. The SMILES string of the molecule is CC(=O)C1=CCCC1.CC(C)(C)C1CCCCC1=O. The van der Waals surface area contributed by atoms with E-state index >= 15 is 0 Å². The molecule has 19 heavy (non-hydrogen) atoms. The van der Waals surface area contributed by atoms with Gasteiger partial charge in [-0.05, 0) is 50.0 Å². The van der Waals surface area contributed by atoms with Gasteiger partial charge in [-0.1, -0.05) is 33.3 Å². The standard InChI is InChI=1S/C10H18O.C7H10O/c1-10(2,3)8-6-4-5-7-9(8)11;1-6(8)7-4-2-3-5-7/h8H,4-7H2,1-3H3;4H,2-3,5H2,1H3. The van der Waals surface area contributed by atoms with Gasteiger partial charge in [-0.2, -0.15) is 0 Å². The summed E-state index contributed by atoms with van der Waals surface area (Å²) in [5, 5.41) is 0. The van der Waals surface area contributed by atoms with E-state index in [1.165, 1.54) is 12.8 Å². The summed E-state index contributed by atoms with van der Waals surface area (Å²) in [4.78, 5) is 22.0. The number of carbonyl (C=O) groups is 2. The minimum absolute atomic E-state index is 0.192. The number of carbonyl (C=O) groups excluding carboxylic acids is 2. The quantitative estimate of drug-likeness (QED) is 0.700.